The van der Waals surface area contributed by atoms with E-state index in [1.54, 1.807) is 6.21 Å². The van der Waals surface area contributed by atoms with E-state index in [2.05, 4.69) is 15.1 Å². The third-order valence-corrected chi connectivity index (χ3v) is 3.57. The summed E-state index contributed by atoms with van der Waals surface area (Å²) in [6.45, 7) is 4.31. The molecule has 1 heterocycles. The Bertz CT molecular complexity index is 505. The number of nitrogens with zero attached hydrogens (tertiary/aromatic N) is 3. The van der Waals surface area contributed by atoms with Crippen LogP contribution in [-0.2, 0) is 0 Å². The molecule has 0 aromatic heterocycles. The van der Waals surface area contributed by atoms with Gasteiger partial charge < -0.3 is 21.1 Å². The van der Waals surface area contributed by atoms with Crippen LogP contribution in [0.2, 0.25) is 0 Å². The predicted molar refractivity (Wildman–Crippen MR) is 90.2 cm³/mol. The Kier molecular flexibility index (Phi) is 6.70. The maximum atomic E-state index is 5.79. The summed E-state index contributed by atoms with van der Waals surface area (Å²) in [5.41, 5.74) is 11.3. The summed E-state index contributed by atoms with van der Waals surface area (Å²) in [7, 11) is 0. The smallest absolute Gasteiger partial charge is 0.211 e. The molecule has 0 saturated carbocycles. The number of guanidine groups is 1. The summed E-state index contributed by atoms with van der Waals surface area (Å²) in [4.78, 5) is 2.52. The molecule has 1 aliphatic rings. The van der Waals surface area contributed by atoms with Gasteiger partial charge >= 0.3 is 0 Å². The second-order valence-electron chi connectivity index (χ2n) is 5.45. The van der Waals surface area contributed by atoms with Crippen molar-refractivity contribution in [3.63, 3.8) is 0 Å². The van der Waals surface area contributed by atoms with Gasteiger partial charge in [0.25, 0.3) is 0 Å². The first-order valence-electron chi connectivity index (χ1n) is 7.81. The van der Waals surface area contributed by atoms with E-state index in [4.69, 9.17) is 16.2 Å². The first-order valence-corrected chi connectivity index (χ1v) is 7.81. The van der Waals surface area contributed by atoms with Crippen molar-refractivity contribution in [3.8, 4) is 5.75 Å². The topological polar surface area (TPSA) is 89.2 Å². The van der Waals surface area contributed by atoms with Gasteiger partial charge in [0.2, 0.25) is 5.96 Å². The van der Waals surface area contributed by atoms with Crippen LogP contribution in [0, 0.1) is 0 Å². The van der Waals surface area contributed by atoms with E-state index in [9.17, 15) is 0 Å². The third-order valence-electron chi connectivity index (χ3n) is 3.57. The molecule has 0 spiro atoms. The molecule has 4 N–H and O–H groups in total. The SMILES string of the molecule is NC(N)=NN=Cc1cccc(OCCCN2CCCCC2)c1. The second kappa shape index (κ2) is 9.04. The van der Waals surface area contributed by atoms with Crippen molar-refractivity contribution in [3.05, 3.63) is 29.8 Å². The summed E-state index contributed by atoms with van der Waals surface area (Å²) in [6, 6.07) is 7.72. The lowest BCUT2D eigenvalue weighted by atomic mass is 10.1. The molecule has 1 aliphatic heterocycles. The van der Waals surface area contributed by atoms with Gasteiger partial charge in [-0.3, -0.25) is 0 Å². The molecular formula is C16H25N5O. The summed E-state index contributed by atoms with van der Waals surface area (Å²) in [5.74, 6) is 0.786. The molecule has 0 bridgehead atoms. The molecule has 1 aromatic carbocycles. The number of hydrogen-bond acceptors (Lipinski definition) is 4. The van der Waals surface area contributed by atoms with Crippen molar-refractivity contribution in [1.82, 2.24) is 4.90 Å². The number of benzene rings is 1. The third kappa shape index (κ3) is 6.13. The first kappa shape index (κ1) is 16.3. The number of ether oxygens (including phenoxy) is 1. The minimum absolute atomic E-state index is 0.0543. The second-order valence-corrected chi connectivity index (χ2v) is 5.45. The van der Waals surface area contributed by atoms with E-state index in [1.165, 1.54) is 32.4 Å². The summed E-state index contributed by atoms with van der Waals surface area (Å²) >= 11 is 0. The molecule has 1 aromatic rings. The molecular weight excluding hydrogens is 278 g/mol. The van der Waals surface area contributed by atoms with Crippen LogP contribution in [0.25, 0.3) is 0 Å². The Morgan fingerprint density at radius 2 is 2.05 bits per heavy atom. The van der Waals surface area contributed by atoms with Gasteiger partial charge in [0.05, 0.1) is 12.8 Å². The van der Waals surface area contributed by atoms with Gasteiger partial charge in [-0.2, -0.15) is 5.10 Å². The molecule has 0 radical (unpaired) electrons. The van der Waals surface area contributed by atoms with Crippen molar-refractivity contribution >= 4 is 12.2 Å². The minimum Gasteiger partial charge on any atom is -0.494 e. The van der Waals surface area contributed by atoms with Crippen LogP contribution in [0.3, 0.4) is 0 Å². The Labute approximate surface area is 131 Å². The van der Waals surface area contributed by atoms with Gasteiger partial charge in [-0.1, -0.05) is 18.6 Å². The standard InChI is InChI=1S/C16H25N5O/c17-16(18)20-19-13-14-6-4-7-15(12-14)22-11-5-10-21-8-2-1-3-9-21/h4,6-7,12-13H,1-3,5,8-11H2,(H4,17,18,20). The zero-order valence-electron chi connectivity index (χ0n) is 12.9. The predicted octanol–water partition coefficient (Wildman–Crippen LogP) is 1.55. The van der Waals surface area contributed by atoms with Crippen LogP contribution in [-0.4, -0.2) is 43.3 Å². The summed E-state index contributed by atoms with van der Waals surface area (Å²) in [6.07, 6.45) is 6.68. The molecule has 0 amide bonds. The van der Waals surface area contributed by atoms with Crippen molar-refractivity contribution in [2.24, 2.45) is 21.7 Å². The average Bonchev–Trinajstić information content (AvgIpc) is 2.53. The highest BCUT2D eigenvalue weighted by Crippen LogP contribution is 2.13. The van der Waals surface area contributed by atoms with Gasteiger partial charge in [-0.25, -0.2) is 0 Å². The van der Waals surface area contributed by atoms with E-state index in [-0.39, 0.29) is 5.96 Å². The lowest BCUT2D eigenvalue weighted by Crippen LogP contribution is -2.31. The maximum absolute atomic E-state index is 5.79. The van der Waals surface area contributed by atoms with Crippen LogP contribution in [0.4, 0.5) is 0 Å². The van der Waals surface area contributed by atoms with Crippen LogP contribution >= 0.6 is 0 Å². The minimum atomic E-state index is -0.0543. The molecule has 6 nitrogen and oxygen atoms in total. The monoisotopic (exact) mass is 303 g/mol. The van der Waals surface area contributed by atoms with E-state index < -0.39 is 0 Å². The molecule has 0 aliphatic carbocycles. The highest BCUT2D eigenvalue weighted by Gasteiger charge is 2.08. The Hall–Kier alpha value is -2.08. The van der Waals surface area contributed by atoms with Crippen molar-refractivity contribution in [1.29, 1.82) is 0 Å². The molecule has 1 fully saturated rings. The highest BCUT2D eigenvalue weighted by atomic mass is 16.5. The van der Waals surface area contributed by atoms with Crippen LogP contribution < -0.4 is 16.2 Å². The molecule has 22 heavy (non-hydrogen) atoms. The number of hydrogen-bond donors (Lipinski definition) is 2. The number of likely N-dealkylation sites (tertiary alicyclic amines) is 1. The molecule has 0 unspecified atom stereocenters. The van der Waals surface area contributed by atoms with Crippen molar-refractivity contribution < 1.29 is 4.74 Å². The summed E-state index contributed by atoms with van der Waals surface area (Å²) < 4.78 is 5.79. The molecule has 2 rings (SSSR count). The summed E-state index contributed by atoms with van der Waals surface area (Å²) in [5, 5.41) is 7.36. The fourth-order valence-corrected chi connectivity index (χ4v) is 2.51. The molecule has 0 atom stereocenters. The molecule has 120 valence electrons. The van der Waals surface area contributed by atoms with E-state index in [0.717, 1.165) is 30.9 Å². The van der Waals surface area contributed by atoms with Gasteiger partial charge in [0, 0.05) is 6.54 Å². The highest BCUT2D eigenvalue weighted by molar-refractivity contribution is 5.81. The lowest BCUT2D eigenvalue weighted by molar-refractivity contribution is 0.205. The van der Waals surface area contributed by atoms with Crippen LogP contribution in [0.5, 0.6) is 5.75 Å². The van der Waals surface area contributed by atoms with Gasteiger partial charge in [0.15, 0.2) is 0 Å². The Balaban J connectivity index is 1.73. The zero-order chi connectivity index (χ0) is 15.6. The van der Waals surface area contributed by atoms with Gasteiger partial charge in [-0.15, -0.1) is 5.10 Å². The number of nitrogens with two attached hydrogens (primary N) is 2. The van der Waals surface area contributed by atoms with Crippen LogP contribution in [0.15, 0.2) is 34.5 Å². The lowest BCUT2D eigenvalue weighted by Gasteiger charge is -2.26. The van der Waals surface area contributed by atoms with E-state index in [1.807, 2.05) is 24.3 Å². The first-order chi connectivity index (χ1) is 10.7. The van der Waals surface area contributed by atoms with Crippen LogP contribution in [0.1, 0.15) is 31.2 Å². The Morgan fingerprint density at radius 1 is 1.23 bits per heavy atom. The largest absolute Gasteiger partial charge is 0.494 e. The number of piperidine rings is 1. The maximum Gasteiger partial charge on any atom is 0.211 e. The zero-order valence-corrected chi connectivity index (χ0v) is 12.9. The van der Waals surface area contributed by atoms with Gasteiger partial charge in [-0.05, 0) is 50.0 Å². The molecule has 1 saturated heterocycles. The number of rotatable bonds is 7. The fourth-order valence-electron chi connectivity index (χ4n) is 2.51. The van der Waals surface area contributed by atoms with E-state index >= 15 is 0 Å². The van der Waals surface area contributed by atoms with Crippen molar-refractivity contribution in [2.75, 3.05) is 26.2 Å². The normalized spacial score (nSPS) is 15.8. The van der Waals surface area contributed by atoms with Gasteiger partial charge in [0.1, 0.15) is 5.75 Å². The fraction of sp³-hybridized carbons (Fsp3) is 0.500. The Morgan fingerprint density at radius 3 is 2.82 bits per heavy atom. The average molecular weight is 303 g/mol. The quantitative estimate of drug-likeness (QED) is 0.346. The molecule has 6 heteroatoms. The van der Waals surface area contributed by atoms with E-state index in [0.29, 0.717) is 0 Å². The van der Waals surface area contributed by atoms with Crippen molar-refractivity contribution in [2.45, 2.75) is 25.7 Å².